The van der Waals surface area contributed by atoms with Crippen LogP contribution in [0.15, 0.2) is 34.8 Å². The van der Waals surface area contributed by atoms with Crippen LogP contribution in [-0.4, -0.2) is 11.0 Å². The van der Waals surface area contributed by atoms with Crippen molar-refractivity contribution in [2.24, 2.45) is 0 Å². The predicted molar refractivity (Wildman–Crippen MR) is 74.9 cm³/mol. The van der Waals surface area contributed by atoms with E-state index >= 15 is 0 Å². The van der Waals surface area contributed by atoms with E-state index in [1.807, 2.05) is 0 Å². The topological polar surface area (TPSA) is 49.3 Å². The van der Waals surface area contributed by atoms with Crippen molar-refractivity contribution >= 4 is 27.5 Å². The van der Waals surface area contributed by atoms with Crippen LogP contribution in [0, 0.1) is 18.6 Å². The van der Waals surface area contributed by atoms with Crippen LogP contribution in [0.5, 0.6) is 5.75 Å². The standard InChI is InChI=1S/C14H10BrF2NO2/c1-7-8(3-2-4-13(7)19)14(20)18-12-6-10(16)9(15)5-11(12)17/h2-6,19H,1H3,(H,18,20). The van der Waals surface area contributed by atoms with Crippen molar-refractivity contribution in [2.45, 2.75) is 6.92 Å². The number of benzene rings is 2. The Labute approximate surface area is 122 Å². The van der Waals surface area contributed by atoms with Gasteiger partial charge in [0.05, 0.1) is 10.2 Å². The Morgan fingerprint density at radius 2 is 1.95 bits per heavy atom. The summed E-state index contributed by atoms with van der Waals surface area (Å²) < 4.78 is 26.9. The lowest BCUT2D eigenvalue weighted by atomic mass is 10.1. The monoisotopic (exact) mass is 341 g/mol. The summed E-state index contributed by atoms with van der Waals surface area (Å²) in [5.74, 6) is -2.11. The number of anilines is 1. The number of aromatic hydroxyl groups is 1. The van der Waals surface area contributed by atoms with Gasteiger partial charge in [-0.15, -0.1) is 0 Å². The number of amides is 1. The van der Waals surface area contributed by atoms with Crippen molar-refractivity contribution in [3.8, 4) is 5.75 Å². The number of carbonyl (C=O) groups is 1. The van der Waals surface area contributed by atoms with Gasteiger partial charge in [-0.2, -0.15) is 0 Å². The zero-order valence-electron chi connectivity index (χ0n) is 10.4. The molecule has 0 atom stereocenters. The number of phenolic OH excluding ortho intramolecular Hbond substituents is 1. The fraction of sp³-hybridized carbons (Fsp3) is 0.0714. The average Bonchev–Trinajstić information content (AvgIpc) is 2.39. The summed E-state index contributed by atoms with van der Waals surface area (Å²) >= 11 is 2.85. The van der Waals surface area contributed by atoms with Crippen molar-refractivity contribution in [2.75, 3.05) is 5.32 Å². The third-order valence-electron chi connectivity index (χ3n) is 2.81. The Balaban J connectivity index is 2.33. The molecule has 0 saturated heterocycles. The Kier molecular flexibility index (Phi) is 4.04. The number of phenols is 1. The summed E-state index contributed by atoms with van der Waals surface area (Å²) in [7, 11) is 0. The first-order valence-electron chi connectivity index (χ1n) is 5.64. The molecule has 0 spiro atoms. The molecule has 0 aliphatic carbocycles. The first-order chi connectivity index (χ1) is 9.40. The molecule has 2 N–H and O–H groups in total. The molecule has 2 aromatic carbocycles. The molecule has 104 valence electrons. The number of carbonyl (C=O) groups excluding carboxylic acids is 1. The number of halogens is 3. The summed E-state index contributed by atoms with van der Waals surface area (Å²) in [4.78, 5) is 12.0. The van der Waals surface area contributed by atoms with Gasteiger partial charge in [0.25, 0.3) is 5.91 Å². The Hall–Kier alpha value is -1.95. The number of hydrogen-bond donors (Lipinski definition) is 2. The first kappa shape index (κ1) is 14.5. The number of hydrogen-bond acceptors (Lipinski definition) is 2. The van der Waals surface area contributed by atoms with Crippen LogP contribution in [0.25, 0.3) is 0 Å². The summed E-state index contributed by atoms with van der Waals surface area (Å²) in [5, 5.41) is 11.8. The van der Waals surface area contributed by atoms with E-state index in [0.717, 1.165) is 12.1 Å². The normalized spacial score (nSPS) is 10.4. The van der Waals surface area contributed by atoms with Crippen molar-refractivity contribution in [1.29, 1.82) is 0 Å². The molecule has 0 aliphatic heterocycles. The highest BCUT2D eigenvalue weighted by molar-refractivity contribution is 9.10. The second-order valence-corrected chi connectivity index (χ2v) is 5.00. The molecule has 6 heteroatoms. The lowest BCUT2D eigenvalue weighted by Gasteiger charge is -2.10. The number of rotatable bonds is 2. The van der Waals surface area contributed by atoms with Crippen LogP contribution in [0.2, 0.25) is 0 Å². The van der Waals surface area contributed by atoms with Gasteiger partial charge < -0.3 is 10.4 Å². The van der Waals surface area contributed by atoms with Gasteiger partial charge in [-0.3, -0.25) is 4.79 Å². The highest BCUT2D eigenvalue weighted by Gasteiger charge is 2.15. The van der Waals surface area contributed by atoms with Crippen LogP contribution in [0.4, 0.5) is 14.5 Å². The van der Waals surface area contributed by atoms with Crippen molar-refractivity contribution in [3.05, 3.63) is 57.6 Å². The molecular formula is C14H10BrF2NO2. The third-order valence-corrected chi connectivity index (χ3v) is 3.42. The van der Waals surface area contributed by atoms with Crippen LogP contribution in [0.1, 0.15) is 15.9 Å². The van der Waals surface area contributed by atoms with Gasteiger partial charge in [0.2, 0.25) is 0 Å². The largest absolute Gasteiger partial charge is 0.508 e. The van der Waals surface area contributed by atoms with E-state index in [9.17, 15) is 18.7 Å². The van der Waals surface area contributed by atoms with Gasteiger partial charge in [0.1, 0.15) is 17.4 Å². The molecule has 0 bridgehead atoms. The van der Waals surface area contributed by atoms with Crippen LogP contribution in [-0.2, 0) is 0 Å². The van der Waals surface area contributed by atoms with E-state index in [4.69, 9.17) is 0 Å². The van der Waals surface area contributed by atoms with E-state index in [1.165, 1.54) is 18.2 Å². The maximum atomic E-state index is 13.6. The molecule has 20 heavy (non-hydrogen) atoms. The molecule has 0 unspecified atom stereocenters. The zero-order valence-corrected chi connectivity index (χ0v) is 12.0. The molecular weight excluding hydrogens is 332 g/mol. The van der Waals surface area contributed by atoms with Gasteiger partial charge >= 0.3 is 0 Å². The lowest BCUT2D eigenvalue weighted by molar-refractivity contribution is 0.102. The van der Waals surface area contributed by atoms with Crippen LogP contribution in [0.3, 0.4) is 0 Å². The summed E-state index contributed by atoms with van der Waals surface area (Å²) in [6, 6.07) is 6.23. The Bertz CT molecular complexity index is 689. The Morgan fingerprint density at radius 1 is 1.25 bits per heavy atom. The molecule has 0 saturated carbocycles. The maximum absolute atomic E-state index is 13.6. The quantitative estimate of drug-likeness (QED) is 0.811. The SMILES string of the molecule is Cc1c(O)cccc1C(=O)Nc1cc(F)c(Br)cc1F. The molecule has 2 rings (SSSR count). The fourth-order valence-electron chi connectivity index (χ4n) is 1.68. The molecule has 0 heterocycles. The van der Waals surface area contributed by atoms with Gasteiger partial charge in [0.15, 0.2) is 0 Å². The van der Waals surface area contributed by atoms with E-state index in [0.29, 0.717) is 5.56 Å². The van der Waals surface area contributed by atoms with Crippen LogP contribution >= 0.6 is 15.9 Å². The van der Waals surface area contributed by atoms with Crippen LogP contribution < -0.4 is 5.32 Å². The minimum absolute atomic E-state index is 0.0264. The molecule has 0 aliphatic rings. The average molecular weight is 342 g/mol. The summed E-state index contributed by atoms with van der Waals surface area (Å²) in [6.45, 7) is 1.56. The third kappa shape index (κ3) is 2.80. The van der Waals surface area contributed by atoms with Gasteiger partial charge in [-0.1, -0.05) is 6.07 Å². The van der Waals surface area contributed by atoms with Gasteiger partial charge in [0, 0.05) is 17.2 Å². The maximum Gasteiger partial charge on any atom is 0.256 e. The molecule has 3 nitrogen and oxygen atoms in total. The van der Waals surface area contributed by atoms with Gasteiger partial charge in [-0.25, -0.2) is 8.78 Å². The molecule has 1 amide bonds. The predicted octanol–water partition coefficient (Wildman–Crippen LogP) is 3.99. The molecule has 0 aromatic heterocycles. The fourth-order valence-corrected chi connectivity index (χ4v) is 1.99. The minimum atomic E-state index is -0.760. The highest BCUT2D eigenvalue weighted by Crippen LogP contribution is 2.25. The molecule has 0 radical (unpaired) electrons. The summed E-state index contributed by atoms with van der Waals surface area (Å²) in [6.07, 6.45) is 0. The minimum Gasteiger partial charge on any atom is -0.508 e. The van der Waals surface area contributed by atoms with Gasteiger partial charge in [-0.05, 0) is 41.1 Å². The second-order valence-electron chi connectivity index (χ2n) is 4.15. The first-order valence-corrected chi connectivity index (χ1v) is 6.44. The number of nitrogens with one attached hydrogen (secondary N) is 1. The summed E-state index contributed by atoms with van der Waals surface area (Å²) in [5.41, 5.74) is 0.286. The van der Waals surface area contributed by atoms with E-state index in [2.05, 4.69) is 21.2 Å². The highest BCUT2D eigenvalue weighted by atomic mass is 79.9. The lowest BCUT2D eigenvalue weighted by Crippen LogP contribution is -2.14. The van der Waals surface area contributed by atoms with Crippen molar-refractivity contribution in [1.82, 2.24) is 0 Å². The van der Waals surface area contributed by atoms with E-state index < -0.39 is 17.5 Å². The molecule has 2 aromatic rings. The zero-order chi connectivity index (χ0) is 14.9. The van der Waals surface area contributed by atoms with Crippen molar-refractivity contribution < 1.29 is 18.7 Å². The Morgan fingerprint density at radius 3 is 2.65 bits per heavy atom. The van der Waals surface area contributed by atoms with E-state index in [-0.39, 0.29) is 21.5 Å². The smallest absolute Gasteiger partial charge is 0.256 e. The molecule has 0 fully saturated rings. The van der Waals surface area contributed by atoms with Crippen molar-refractivity contribution in [3.63, 3.8) is 0 Å². The van der Waals surface area contributed by atoms with E-state index in [1.54, 1.807) is 6.92 Å². The second kappa shape index (κ2) is 5.58.